The summed E-state index contributed by atoms with van der Waals surface area (Å²) >= 11 is 0. The van der Waals surface area contributed by atoms with E-state index in [1.165, 1.54) is 18.4 Å². The van der Waals surface area contributed by atoms with Crippen LogP contribution in [0.15, 0.2) is 30.3 Å². The van der Waals surface area contributed by atoms with Crippen molar-refractivity contribution in [1.29, 1.82) is 0 Å². The first-order valence-electron chi connectivity index (χ1n) is 8.33. The minimum absolute atomic E-state index is 0.267. The number of hydrogen-bond donors (Lipinski definition) is 1. The van der Waals surface area contributed by atoms with Crippen molar-refractivity contribution < 1.29 is 0 Å². The second-order valence-electron chi connectivity index (χ2n) is 6.45. The number of terminal acetylenes is 1. The Labute approximate surface area is 128 Å². The van der Waals surface area contributed by atoms with Crippen LogP contribution < -0.4 is 5.32 Å². The molecule has 2 nitrogen and oxygen atoms in total. The fraction of sp³-hybridized carbons (Fsp3) is 0.579. The van der Waals surface area contributed by atoms with Crippen LogP contribution in [0.4, 0.5) is 0 Å². The highest BCUT2D eigenvalue weighted by atomic mass is 15.3. The van der Waals surface area contributed by atoms with Crippen LogP contribution in [0.25, 0.3) is 0 Å². The van der Waals surface area contributed by atoms with Crippen molar-refractivity contribution in [3.05, 3.63) is 35.9 Å². The maximum atomic E-state index is 5.86. The van der Waals surface area contributed by atoms with Crippen LogP contribution in [0.1, 0.15) is 44.2 Å². The Hall–Kier alpha value is -1.30. The lowest BCUT2D eigenvalue weighted by atomic mass is 9.96. The molecule has 2 fully saturated rings. The van der Waals surface area contributed by atoms with Crippen molar-refractivity contribution in [3.8, 4) is 12.3 Å². The lowest BCUT2D eigenvalue weighted by Crippen LogP contribution is -2.56. The number of piperazine rings is 1. The summed E-state index contributed by atoms with van der Waals surface area (Å²) in [7, 11) is 0. The molecule has 1 aromatic rings. The smallest absolute Gasteiger partial charge is 0.0717 e. The van der Waals surface area contributed by atoms with Crippen LogP contribution in [-0.4, -0.2) is 30.1 Å². The summed E-state index contributed by atoms with van der Waals surface area (Å²) in [6.45, 7) is 4.34. The molecule has 3 atom stereocenters. The molecule has 0 bridgehead atoms. The summed E-state index contributed by atoms with van der Waals surface area (Å²) in [6.07, 6.45) is 10.9. The summed E-state index contributed by atoms with van der Waals surface area (Å²) in [6, 6.07) is 12.1. The Balaban J connectivity index is 1.81. The molecule has 2 heteroatoms. The maximum absolute atomic E-state index is 5.86. The molecule has 3 rings (SSSR count). The third-order valence-corrected chi connectivity index (χ3v) is 4.91. The molecule has 0 aromatic heterocycles. The van der Waals surface area contributed by atoms with Crippen molar-refractivity contribution in [2.24, 2.45) is 5.92 Å². The number of nitrogens with zero attached hydrogens (tertiary/aromatic N) is 1. The predicted molar refractivity (Wildman–Crippen MR) is 87.9 cm³/mol. The number of benzene rings is 1. The molecule has 1 aliphatic carbocycles. The van der Waals surface area contributed by atoms with Gasteiger partial charge in [-0.3, -0.25) is 4.90 Å². The van der Waals surface area contributed by atoms with Gasteiger partial charge in [0.15, 0.2) is 0 Å². The van der Waals surface area contributed by atoms with Gasteiger partial charge in [-0.2, -0.15) is 0 Å². The van der Waals surface area contributed by atoms with Crippen molar-refractivity contribution in [2.45, 2.75) is 50.7 Å². The topological polar surface area (TPSA) is 15.3 Å². The van der Waals surface area contributed by atoms with E-state index in [1.54, 1.807) is 0 Å². The minimum atomic E-state index is 0.267. The van der Waals surface area contributed by atoms with Gasteiger partial charge < -0.3 is 5.32 Å². The van der Waals surface area contributed by atoms with Gasteiger partial charge in [-0.05, 0) is 30.7 Å². The Bertz CT molecular complexity index is 486. The molecule has 112 valence electrons. The molecular formula is C19H26N2. The standard InChI is InChI=1S/C19H26N2/c1-3-8-17(4-2)21-14-18(15-11-12-15)20-13-19(21)16-9-6-5-7-10-16/h2,5-7,9-10,15,17-20H,3,8,11-14H2,1H3. The van der Waals surface area contributed by atoms with E-state index >= 15 is 0 Å². The Morgan fingerprint density at radius 3 is 2.71 bits per heavy atom. The van der Waals surface area contributed by atoms with Gasteiger partial charge in [0.1, 0.15) is 0 Å². The second kappa shape index (κ2) is 6.64. The van der Waals surface area contributed by atoms with E-state index < -0.39 is 0 Å². The van der Waals surface area contributed by atoms with Gasteiger partial charge in [0.25, 0.3) is 0 Å². The van der Waals surface area contributed by atoms with Crippen LogP contribution in [0.5, 0.6) is 0 Å². The van der Waals surface area contributed by atoms with Crippen LogP contribution in [-0.2, 0) is 0 Å². The van der Waals surface area contributed by atoms with E-state index in [0.29, 0.717) is 12.1 Å². The Morgan fingerprint density at radius 2 is 2.10 bits per heavy atom. The summed E-state index contributed by atoms with van der Waals surface area (Å²) in [5.41, 5.74) is 1.38. The Kier molecular flexibility index (Phi) is 4.63. The second-order valence-corrected chi connectivity index (χ2v) is 6.45. The first-order chi connectivity index (χ1) is 10.3. The van der Waals surface area contributed by atoms with Gasteiger partial charge in [0.2, 0.25) is 0 Å². The predicted octanol–water partition coefficient (Wildman–Crippen LogP) is 3.21. The quantitative estimate of drug-likeness (QED) is 0.834. The first kappa shape index (κ1) is 14.6. The van der Waals surface area contributed by atoms with Crippen LogP contribution in [0.3, 0.4) is 0 Å². The lowest BCUT2D eigenvalue weighted by molar-refractivity contribution is 0.0941. The van der Waals surface area contributed by atoms with Gasteiger partial charge in [-0.15, -0.1) is 6.42 Å². The van der Waals surface area contributed by atoms with Crippen molar-refractivity contribution >= 4 is 0 Å². The highest BCUT2D eigenvalue weighted by molar-refractivity contribution is 5.22. The van der Waals surface area contributed by atoms with E-state index in [0.717, 1.165) is 31.8 Å². The molecule has 1 aliphatic heterocycles. The molecule has 1 heterocycles. The molecule has 1 N–H and O–H groups in total. The zero-order valence-corrected chi connectivity index (χ0v) is 13.0. The summed E-state index contributed by atoms with van der Waals surface area (Å²) in [4.78, 5) is 2.58. The fourth-order valence-electron chi connectivity index (χ4n) is 3.56. The maximum Gasteiger partial charge on any atom is 0.0717 e. The van der Waals surface area contributed by atoms with Crippen LogP contribution >= 0.6 is 0 Å². The largest absolute Gasteiger partial charge is 0.311 e. The van der Waals surface area contributed by atoms with Gasteiger partial charge in [-0.25, -0.2) is 0 Å². The van der Waals surface area contributed by atoms with E-state index in [4.69, 9.17) is 6.42 Å². The number of hydrogen-bond acceptors (Lipinski definition) is 2. The van der Waals surface area contributed by atoms with E-state index in [1.807, 2.05) is 0 Å². The molecule has 1 saturated carbocycles. The molecule has 0 radical (unpaired) electrons. The molecule has 21 heavy (non-hydrogen) atoms. The summed E-state index contributed by atoms with van der Waals surface area (Å²) in [5.74, 6) is 3.93. The monoisotopic (exact) mass is 282 g/mol. The highest BCUT2D eigenvalue weighted by Crippen LogP contribution is 2.37. The van der Waals surface area contributed by atoms with Crippen LogP contribution in [0.2, 0.25) is 0 Å². The molecule has 1 saturated heterocycles. The SMILES string of the molecule is C#CC(CCC)N1CC(C2CC2)NCC1c1ccccc1. The van der Waals surface area contributed by atoms with Gasteiger partial charge in [0, 0.05) is 25.2 Å². The van der Waals surface area contributed by atoms with E-state index in [-0.39, 0.29) is 6.04 Å². The number of nitrogens with one attached hydrogen (secondary N) is 1. The van der Waals surface area contributed by atoms with Crippen LogP contribution in [0, 0.1) is 18.3 Å². The average molecular weight is 282 g/mol. The molecule has 3 unspecified atom stereocenters. The molecule has 0 amide bonds. The third-order valence-electron chi connectivity index (χ3n) is 4.91. The van der Waals surface area contributed by atoms with Crippen molar-refractivity contribution in [3.63, 3.8) is 0 Å². The third kappa shape index (κ3) is 3.31. The van der Waals surface area contributed by atoms with Crippen molar-refractivity contribution in [2.75, 3.05) is 13.1 Å². The highest BCUT2D eigenvalue weighted by Gasteiger charge is 2.39. The minimum Gasteiger partial charge on any atom is -0.311 e. The van der Waals surface area contributed by atoms with Gasteiger partial charge in [-0.1, -0.05) is 49.6 Å². The van der Waals surface area contributed by atoms with Gasteiger partial charge in [0.05, 0.1) is 6.04 Å². The van der Waals surface area contributed by atoms with E-state index in [9.17, 15) is 0 Å². The zero-order chi connectivity index (χ0) is 14.7. The normalized spacial score (nSPS) is 28.0. The van der Waals surface area contributed by atoms with Crippen molar-refractivity contribution in [1.82, 2.24) is 10.2 Å². The Morgan fingerprint density at radius 1 is 1.33 bits per heavy atom. The van der Waals surface area contributed by atoms with Gasteiger partial charge >= 0.3 is 0 Å². The zero-order valence-electron chi connectivity index (χ0n) is 13.0. The molecule has 1 aromatic carbocycles. The molecule has 0 spiro atoms. The fourth-order valence-corrected chi connectivity index (χ4v) is 3.56. The summed E-state index contributed by atoms with van der Waals surface area (Å²) < 4.78 is 0. The van der Waals surface area contributed by atoms with E-state index in [2.05, 4.69) is 53.4 Å². The molecular weight excluding hydrogens is 256 g/mol. The number of rotatable bonds is 5. The lowest BCUT2D eigenvalue weighted by Gasteiger charge is -2.43. The summed E-state index contributed by atoms with van der Waals surface area (Å²) in [5, 5.41) is 3.77. The first-order valence-corrected chi connectivity index (χ1v) is 8.33. The molecule has 2 aliphatic rings. The average Bonchev–Trinajstić information content (AvgIpc) is 3.38.